The number of primary amides is 1. The Hall–Kier alpha value is -2.37. The highest BCUT2D eigenvalue weighted by Gasteiger charge is 2.56. The van der Waals surface area contributed by atoms with Crippen LogP contribution in [0.15, 0.2) is 40.0 Å². The molecule has 3 N–H and O–H groups in total. The van der Waals surface area contributed by atoms with E-state index in [0.29, 0.717) is 29.8 Å². The molecule has 5 atom stereocenters. The van der Waals surface area contributed by atoms with Crippen molar-refractivity contribution in [2.75, 3.05) is 6.61 Å². The summed E-state index contributed by atoms with van der Waals surface area (Å²) < 4.78 is 5.20. The first-order valence-corrected chi connectivity index (χ1v) is 11.2. The lowest BCUT2D eigenvalue weighted by Crippen LogP contribution is -2.51. The number of fused-ring (bicyclic) bond motifs is 5. The second-order valence-electron chi connectivity index (χ2n) is 10.2. The Bertz CT molecular complexity index is 930. The lowest BCUT2D eigenvalue weighted by molar-refractivity contribution is -0.134. The van der Waals surface area contributed by atoms with Crippen molar-refractivity contribution in [2.45, 2.75) is 58.8 Å². The van der Waals surface area contributed by atoms with Gasteiger partial charge in [0.2, 0.25) is 0 Å². The van der Waals surface area contributed by atoms with Gasteiger partial charge in [0.05, 0.1) is 0 Å². The van der Waals surface area contributed by atoms with Gasteiger partial charge in [0.15, 0.2) is 0 Å². The Balaban J connectivity index is 1.36. The fraction of sp³-hybridized carbons (Fsp3) is 0.625. The predicted octanol–water partition coefficient (Wildman–Crippen LogP) is 3.99. The molecule has 1 heterocycles. The number of rotatable bonds is 2. The number of nitrogens with zero attached hydrogens (tertiary/aromatic N) is 1. The number of hydrogen-bond acceptors (Lipinski definition) is 4. The van der Waals surface area contributed by atoms with Crippen molar-refractivity contribution < 1.29 is 14.3 Å². The molecule has 3 saturated carbocycles. The minimum atomic E-state index is -0.591. The largest absolute Gasteiger partial charge is 0.458 e. The zero-order valence-corrected chi connectivity index (χ0v) is 17.9. The summed E-state index contributed by atoms with van der Waals surface area (Å²) >= 11 is 0. The number of ether oxygens (including phenoxy) is 1. The fourth-order valence-electron chi connectivity index (χ4n) is 7.28. The van der Waals surface area contributed by atoms with Gasteiger partial charge < -0.3 is 10.5 Å². The van der Waals surface area contributed by atoms with Crippen molar-refractivity contribution >= 4 is 17.7 Å². The molecule has 2 amide bonds. The van der Waals surface area contributed by atoms with E-state index in [1.807, 2.05) is 0 Å². The van der Waals surface area contributed by atoms with Crippen molar-refractivity contribution in [3.05, 3.63) is 34.9 Å². The molecule has 3 fully saturated rings. The Morgan fingerprint density at radius 3 is 2.80 bits per heavy atom. The van der Waals surface area contributed by atoms with Crippen molar-refractivity contribution in [2.24, 2.45) is 39.4 Å². The summed E-state index contributed by atoms with van der Waals surface area (Å²) in [7, 11) is 0. The average Bonchev–Trinajstić information content (AvgIpc) is 3.28. The van der Waals surface area contributed by atoms with E-state index in [4.69, 9.17) is 10.5 Å². The third kappa shape index (κ3) is 2.87. The van der Waals surface area contributed by atoms with Gasteiger partial charge in [-0.05, 0) is 73.7 Å². The molecule has 30 heavy (non-hydrogen) atoms. The molecule has 1 aliphatic heterocycles. The van der Waals surface area contributed by atoms with Crippen LogP contribution in [0, 0.1) is 28.6 Å². The number of nitrogens with two attached hydrogens (primary N) is 1. The van der Waals surface area contributed by atoms with E-state index in [1.165, 1.54) is 24.8 Å². The molecule has 0 radical (unpaired) electrons. The zero-order valence-electron chi connectivity index (χ0n) is 17.9. The van der Waals surface area contributed by atoms with E-state index < -0.39 is 6.03 Å². The first-order valence-electron chi connectivity index (χ1n) is 11.2. The molecular formula is C24H31N3O3. The standard InChI is InChI=1S/C24H31N3O3/c1-23-9-7-16(26-27-22(25)29)12-15(23)3-4-17-19-6-5-18(14-11-21(28)30-13-14)24(19,2)10-8-20(17)23/h5-6,11,15,17,20H,3-4,7-10,12-13H2,1-2H3,(H3,25,27,29)/b26-16+/t15?,17?,20-,23-,24+/m0/s1. The van der Waals surface area contributed by atoms with Gasteiger partial charge in [-0.3, -0.25) is 0 Å². The summed E-state index contributed by atoms with van der Waals surface area (Å²) in [5.74, 6) is 1.70. The molecule has 6 nitrogen and oxygen atoms in total. The highest BCUT2D eigenvalue weighted by molar-refractivity contribution is 5.87. The molecule has 5 aliphatic rings. The van der Waals surface area contributed by atoms with Gasteiger partial charge in [-0.15, -0.1) is 0 Å². The molecule has 4 aliphatic carbocycles. The van der Waals surface area contributed by atoms with Crippen LogP contribution < -0.4 is 11.2 Å². The number of hydrogen-bond donors (Lipinski definition) is 2. The summed E-state index contributed by atoms with van der Waals surface area (Å²) in [4.78, 5) is 22.6. The molecular weight excluding hydrogens is 378 g/mol. The number of nitrogens with one attached hydrogen (secondary N) is 1. The minimum Gasteiger partial charge on any atom is -0.458 e. The summed E-state index contributed by atoms with van der Waals surface area (Å²) in [6.07, 6.45) is 14.1. The van der Waals surface area contributed by atoms with Gasteiger partial charge in [-0.2, -0.15) is 5.10 Å². The summed E-state index contributed by atoms with van der Waals surface area (Å²) in [6.45, 7) is 5.27. The lowest BCUT2D eigenvalue weighted by atomic mass is 9.46. The molecule has 160 valence electrons. The number of carbonyl (C=O) groups is 2. The maximum absolute atomic E-state index is 11.6. The number of urea groups is 1. The molecule has 0 saturated heterocycles. The van der Waals surface area contributed by atoms with E-state index in [9.17, 15) is 9.59 Å². The van der Waals surface area contributed by atoms with Crippen molar-refractivity contribution in [3.8, 4) is 0 Å². The van der Waals surface area contributed by atoms with Crippen molar-refractivity contribution in [1.29, 1.82) is 0 Å². The van der Waals surface area contributed by atoms with Gasteiger partial charge in [0, 0.05) is 22.8 Å². The molecule has 5 rings (SSSR count). The van der Waals surface area contributed by atoms with Crippen LogP contribution >= 0.6 is 0 Å². The Kier molecular flexibility index (Phi) is 4.46. The quantitative estimate of drug-likeness (QED) is 0.533. The van der Waals surface area contributed by atoms with Crippen LogP contribution in [0.1, 0.15) is 58.8 Å². The maximum atomic E-state index is 11.6. The third-order valence-electron chi connectivity index (χ3n) is 8.87. The van der Waals surface area contributed by atoms with E-state index >= 15 is 0 Å². The van der Waals surface area contributed by atoms with Crippen LogP contribution in [0.25, 0.3) is 0 Å². The van der Waals surface area contributed by atoms with E-state index in [-0.39, 0.29) is 11.4 Å². The Morgan fingerprint density at radius 1 is 1.23 bits per heavy atom. The van der Waals surface area contributed by atoms with Crippen LogP contribution in [-0.4, -0.2) is 24.3 Å². The summed E-state index contributed by atoms with van der Waals surface area (Å²) in [6, 6.07) is -0.591. The maximum Gasteiger partial charge on any atom is 0.332 e. The first kappa shape index (κ1) is 19.6. The number of amides is 2. The van der Waals surface area contributed by atoms with E-state index in [0.717, 1.165) is 37.0 Å². The topological polar surface area (TPSA) is 93.8 Å². The lowest BCUT2D eigenvalue weighted by Gasteiger charge is -2.58. The molecule has 6 heteroatoms. The van der Waals surface area contributed by atoms with Crippen molar-refractivity contribution in [1.82, 2.24) is 5.43 Å². The number of hydrazone groups is 1. The van der Waals surface area contributed by atoms with Crippen molar-refractivity contribution in [3.63, 3.8) is 0 Å². The Labute approximate surface area is 177 Å². The fourth-order valence-corrected chi connectivity index (χ4v) is 7.28. The number of esters is 1. The number of carbonyl (C=O) groups excluding carboxylic acids is 2. The molecule has 0 aromatic rings. The second kappa shape index (κ2) is 6.82. The molecule has 0 aromatic carbocycles. The second-order valence-corrected chi connectivity index (χ2v) is 10.2. The normalized spacial score (nSPS) is 41.1. The zero-order chi connectivity index (χ0) is 21.1. The van der Waals surface area contributed by atoms with Crippen LogP contribution in [0.4, 0.5) is 4.79 Å². The third-order valence-corrected chi connectivity index (χ3v) is 8.87. The Morgan fingerprint density at radius 2 is 2.07 bits per heavy atom. The monoisotopic (exact) mass is 409 g/mol. The van der Waals surface area contributed by atoms with Gasteiger partial charge in [-0.25, -0.2) is 15.0 Å². The van der Waals surface area contributed by atoms with Gasteiger partial charge in [-0.1, -0.05) is 31.6 Å². The van der Waals surface area contributed by atoms with Gasteiger partial charge >= 0.3 is 12.0 Å². The molecule has 2 unspecified atom stereocenters. The summed E-state index contributed by atoms with van der Waals surface area (Å²) in [5.41, 5.74) is 13.0. The van der Waals surface area contributed by atoms with Gasteiger partial charge in [0.1, 0.15) is 6.61 Å². The van der Waals surface area contributed by atoms with Crippen LogP contribution in [0.2, 0.25) is 0 Å². The molecule has 0 aromatic heterocycles. The van der Waals surface area contributed by atoms with E-state index in [1.54, 1.807) is 11.6 Å². The minimum absolute atomic E-state index is 0.0386. The average molecular weight is 410 g/mol. The predicted molar refractivity (Wildman–Crippen MR) is 114 cm³/mol. The van der Waals surface area contributed by atoms with Crippen LogP contribution in [-0.2, 0) is 9.53 Å². The first-order chi connectivity index (χ1) is 14.3. The highest BCUT2D eigenvalue weighted by atomic mass is 16.5. The van der Waals surface area contributed by atoms with E-state index in [2.05, 4.69) is 36.5 Å². The molecule has 0 spiro atoms. The highest BCUT2D eigenvalue weighted by Crippen LogP contribution is 2.65. The SMILES string of the molecule is C[C@]12CC[C@H]3C(CCC4C/C(=N/NC(N)=O)CC[C@@]43C)C1=CC=C2C1=CC(=O)OC1. The summed E-state index contributed by atoms with van der Waals surface area (Å²) in [5, 5.41) is 4.26. The van der Waals surface area contributed by atoms with Crippen LogP contribution in [0.5, 0.6) is 0 Å². The van der Waals surface area contributed by atoms with Crippen LogP contribution in [0.3, 0.4) is 0 Å². The van der Waals surface area contributed by atoms with Gasteiger partial charge in [0.25, 0.3) is 0 Å². The number of allylic oxidation sites excluding steroid dienone is 3. The molecule has 0 bridgehead atoms. The smallest absolute Gasteiger partial charge is 0.332 e. The number of cyclic esters (lactones) is 1.